The zero-order chi connectivity index (χ0) is 25.9. The molecule has 5 atom stereocenters. The van der Waals surface area contributed by atoms with E-state index in [0.717, 1.165) is 40.0 Å². The minimum atomic E-state index is -3.30. The van der Waals surface area contributed by atoms with Gasteiger partial charge in [-0.3, -0.25) is 4.98 Å². The molecular weight excluding hydrogens is 548 g/mol. The molecule has 13 heteroatoms. The molecule has 3 heterocycles. The van der Waals surface area contributed by atoms with Gasteiger partial charge in [-0.15, -0.1) is 23.7 Å². The van der Waals surface area contributed by atoms with Crippen LogP contribution in [0.2, 0.25) is 0 Å². The minimum absolute atomic E-state index is 0. The Morgan fingerprint density at radius 3 is 2.58 bits per heavy atom. The van der Waals surface area contributed by atoms with E-state index < -0.39 is 34.0 Å². The van der Waals surface area contributed by atoms with Gasteiger partial charge in [0.15, 0.2) is 0 Å². The number of aromatic nitrogens is 4. The number of anilines is 2. The van der Waals surface area contributed by atoms with Gasteiger partial charge in [0, 0.05) is 36.5 Å². The lowest BCUT2D eigenvalue weighted by atomic mass is 10.1. The second kappa shape index (κ2) is 10.5. The topological polar surface area (TPSA) is 150 Å². The highest BCUT2D eigenvalue weighted by Crippen LogP contribution is 2.44. The van der Waals surface area contributed by atoms with Crippen molar-refractivity contribution in [3.8, 4) is 10.6 Å². The van der Waals surface area contributed by atoms with E-state index in [-0.39, 0.29) is 24.2 Å². The van der Waals surface area contributed by atoms with E-state index in [1.54, 1.807) is 17.5 Å². The molecular formula is C25H33ClN6O4S2. The number of hydrogen-bond acceptors (Lipinski definition) is 11. The van der Waals surface area contributed by atoms with Gasteiger partial charge in [0.1, 0.15) is 32.3 Å². The maximum Gasteiger partial charge on any atom is 0.224 e. The van der Waals surface area contributed by atoms with Crippen LogP contribution in [0.5, 0.6) is 0 Å². The molecule has 3 saturated carbocycles. The molecule has 38 heavy (non-hydrogen) atoms. The van der Waals surface area contributed by atoms with Gasteiger partial charge in [-0.05, 0) is 51.0 Å². The summed E-state index contributed by atoms with van der Waals surface area (Å²) in [6.45, 7) is 2.12. The standard InChI is InChI=1S/C25H32N6O4S2.ClH/c1-12(13-3-4-13)28-25-27-10-16(24-30-20-18(36-24)7-8-26-19(20)14-5-6-14)23(31-25)29-17-9-15(11-37(2,34)35)21(32)22(17)33;/h7-8,10,12-15,17,21-22,32-33H,3-6,9,11H2,1-2H3,(H2,27,28,29,31);1H/t12-,15-,17-,21-,22+;/m1./s1. The van der Waals surface area contributed by atoms with Crippen molar-refractivity contribution in [3.63, 3.8) is 0 Å². The van der Waals surface area contributed by atoms with E-state index in [9.17, 15) is 18.6 Å². The van der Waals surface area contributed by atoms with E-state index in [0.29, 0.717) is 35.6 Å². The molecule has 0 saturated heterocycles. The zero-order valence-corrected chi connectivity index (χ0v) is 23.7. The van der Waals surface area contributed by atoms with Crippen molar-refractivity contribution in [2.45, 2.75) is 69.2 Å². The van der Waals surface area contributed by atoms with Crippen LogP contribution in [-0.4, -0.2) is 74.9 Å². The molecule has 3 aliphatic carbocycles. The van der Waals surface area contributed by atoms with Gasteiger partial charge in [-0.1, -0.05) is 0 Å². The quantitative estimate of drug-likeness (QED) is 0.297. The maximum atomic E-state index is 11.9. The summed E-state index contributed by atoms with van der Waals surface area (Å²) in [7, 11) is -3.30. The largest absolute Gasteiger partial charge is 0.390 e. The van der Waals surface area contributed by atoms with Crippen molar-refractivity contribution in [1.29, 1.82) is 0 Å². The molecule has 0 radical (unpaired) electrons. The third kappa shape index (κ3) is 5.74. The summed E-state index contributed by atoms with van der Waals surface area (Å²) < 4.78 is 24.8. The van der Waals surface area contributed by atoms with Gasteiger partial charge in [0.25, 0.3) is 0 Å². The number of halogens is 1. The van der Waals surface area contributed by atoms with Gasteiger partial charge < -0.3 is 20.8 Å². The highest BCUT2D eigenvalue weighted by Gasteiger charge is 2.43. The van der Waals surface area contributed by atoms with Crippen LogP contribution in [0.15, 0.2) is 18.5 Å². The van der Waals surface area contributed by atoms with E-state index in [4.69, 9.17) is 9.97 Å². The lowest BCUT2D eigenvalue weighted by molar-refractivity contribution is 0.0216. The van der Waals surface area contributed by atoms with Crippen LogP contribution in [-0.2, 0) is 9.84 Å². The predicted octanol–water partition coefficient (Wildman–Crippen LogP) is 3.22. The van der Waals surface area contributed by atoms with Gasteiger partial charge in [-0.25, -0.2) is 18.4 Å². The van der Waals surface area contributed by atoms with Crippen LogP contribution in [0.3, 0.4) is 0 Å². The molecule has 4 N–H and O–H groups in total. The fourth-order valence-corrected chi connectivity index (χ4v) is 7.37. The molecule has 3 aromatic heterocycles. The third-order valence-electron chi connectivity index (χ3n) is 7.65. The fourth-order valence-electron chi connectivity index (χ4n) is 5.28. The predicted molar refractivity (Wildman–Crippen MR) is 151 cm³/mol. The first-order chi connectivity index (χ1) is 17.7. The summed E-state index contributed by atoms with van der Waals surface area (Å²) >= 11 is 1.54. The van der Waals surface area contributed by atoms with Gasteiger partial charge in [-0.2, -0.15) is 4.98 Å². The summed E-state index contributed by atoms with van der Waals surface area (Å²) in [6.07, 6.45) is 7.39. The first kappa shape index (κ1) is 27.4. The molecule has 0 unspecified atom stereocenters. The summed E-state index contributed by atoms with van der Waals surface area (Å²) in [5, 5.41) is 28.8. The Kier molecular flexibility index (Phi) is 7.55. The number of rotatable bonds is 9. The third-order valence-corrected chi connectivity index (χ3v) is 9.73. The zero-order valence-electron chi connectivity index (χ0n) is 21.2. The summed E-state index contributed by atoms with van der Waals surface area (Å²) in [6, 6.07) is 1.64. The van der Waals surface area contributed by atoms with Gasteiger partial charge in [0.2, 0.25) is 5.95 Å². The number of thiazole rings is 1. The second-order valence-corrected chi connectivity index (χ2v) is 14.1. The minimum Gasteiger partial charge on any atom is -0.390 e. The molecule has 3 fully saturated rings. The Bertz CT molecular complexity index is 1430. The fraction of sp³-hybridized carbons (Fsp3) is 0.600. The van der Waals surface area contributed by atoms with E-state index in [1.807, 2.05) is 12.3 Å². The second-order valence-electron chi connectivity index (χ2n) is 10.9. The molecule has 0 aromatic carbocycles. The molecule has 0 bridgehead atoms. The number of aliphatic hydroxyl groups excluding tert-OH is 2. The van der Waals surface area contributed by atoms with Crippen molar-refractivity contribution in [1.82, 2.24) is 19.9 Å². The molecule has 0 spiro atoms. The van der Waals surface area contributed by atoms with Crippen molar-refractivity contribution < 1.29 is 18.6 Å². The van der Waals surface area contributed by atoms with E-state index in [1.165, 1.54) is 12.8 Å². The Morgan fingerprint density at radius 1 is 1.13 bits per heavy atom. The van der Waals surface area contributed by atoms with Crippen LogP contribution >= 0.6 is 23.7 Å². The number of hydrogen-bond donors (Lipinski definition) is 4. The number of aliphatic hydroxyl groups is 2. The van der Waals surface area contributed by atoms with E-state index >= 15 is 0 Å². The molecule has 206 valence electrons. The highest BCUT2D eigenvalue weighted by atomic mass is 35.5. The van der Waals surface area contributed by atoms with E-state index in [2.05, 4.69) is 27.5 Å². The van der Waals surface area contributed by atoms with Crippen LogP contribution in [0.25, 0.3) is 20.8 Å². The number of fused-ring (bicyclic) bond motifs is 1. The van der Waals surface area contributed by atoms with Crippen LogP contribution < -0.4 is 10.6 Å². The summed E-state index contributed by atoms with van der Waals surface area (Å²) in [5.41, 5.74) is 2.63. The molecule has 6 rings (SSSR count). The summed E-state index contributed by atoms with van der Waals surface area (Å²) in [5.74, 6) is 1.31. The van der Waals surface area contributed by atoms with Gasteiger partial charge >= 0.3 is 0 Å². The molecule has 3 aliphatic rings. The van der Waals surface area contributed by atoms with Crippen LogP contribution in [0.1, 0.15) is 50.6 Å². The molecule has 10 nitrogen and oxygen atoms in total. The lowest BCUT2D eigenvalue weighted by Gasteiger charge is -2.21. The van der Waals surface area contributed by atoms with Crippen LogP contribution in [0, 0.1) is 11.8 Å². The van der Waals surface area contributed by atoms with Crippen molar-refractivity contribution in [2.75, 3.05) is 22.6 Å². The first-order valence-electron chi connectivity index (χ1n) is 12.9. The summed E-state index contributed by atoms with van der Waals surface area (Å²) in [4.78, 5) is 18.9. The molecule has 0 aliphatic heterocycles. The number of nitrogens with zero attached hydrogens (tertiary/aromatic N) is 4. The normalized spacial score (nSPS) is 26.2. The maximum absolute atomic E-state index is 11.9. The van der Waals surface area contributed by atoms with Crippen LogP contribution in [0.4, 0.5) is 11.8 Å². The highest BCUT2D eigenvalue weighted by molar-refractivity contribution is 7.90. The molecule has 3 aromatic rings. The SMILES string of the molecule is C[C@@H](Nc1ncc(-c2nc3c(C4CC4)nccc3s2)c(N[C@@H]2C[C@H](CS(C)(=O)=O)[C@@H](O)[C@H]2O)n1)C1CC1.Cl. The van der Waals surface area contributed by atoms with Crippen molar-refractivity contribution in [2.24, 2.45) is 11.8 Å². The lowest BCUT2D eigenvalue weighted by Crippen LogP contribution is -2.36. The number of pyridine rings is 1. The monoisotopic (exact) mass is 580 g/mol. The molecule has 0 amide bonds. The van der Waals surface area contributed by atoms with Gasteiger partial charge in [0.05, 0.1) is 33.9 Å². The first-order valence-corrected chi connectivity index (χ1v) is 15.7. The van der Waals surface area contributed by atoms with Crippen molar-refractivity contribution in [3.05, 3.63) is 24.2 Å². The number of nitrogens with one attached hydrogen (secondary N) is 2. The number of sulfone groups is 1. The Hall–Kier alpha value is -2.12. The average Bonchev–Trinajstić information content (AvgIpc) is 3.77. The average molecular weight is 581 g/mol. The Balaban J connectivity index is 0.00000294. The van der Waals surface area contributed by atoms with Crippen molar-refractivity contribution >= 4 is 55.6 Å². The Morgan fingerprint density at radius 2 is 1.89 bits per heavy atom. The smallest absolute Gasteiger partial charge is 0.224 e. The Labute approximate surface area is 232 Å².